The zero-order chi connectivity index (χ0) is 6.97. The van der Waals surface area contributed by atoms with Crippen molar-refractivity contribution in [2.75, 3.05) is 0 Å². The van der Waals surface area contributed by atoms with Gasteiger partial charge < -0.3 is 0 Å². The topological polar surface area (TPSA) is 0 Å². The molecule has 0 radical (unpaired) electrons. The molecule has 2 heteroatoms. The van der Waals surface area contributed by atoms with E-state index in [4.69, 9.17) is 0 Å². The SMILES string of the molecule is FSC1C=CC2=C1CCC2. The Morgan fingerprint density at radius 1 is 1.50 bits per heavy atom. The Hall–Kier alpha value is -0.240. The van der Waals surface area contributed by atoms with Crippen molar-refractivity contribution in [2.45, 2.75) is 24.5 Å². The molecule has 0 nitrogen and oxygen atoms in total. The minimum atomic E-state index is 0.0671. The van der Waals surface area contributed by atoms with Crippen molar-refractivity contribution in [3.05, 3.63) is 23.3 Å². The Bertz CT molecular complexity index is 205. The summed E-state index contributed by atoms with van der Waals surface area (Å²) < 4.78 is 12.2. The smallest absolute Gasteiger partial charge is 0.0762 e. The van der Waals surface area contributed by atoms with Crippen LogP contribution in [0, 0.1) is 0 Å². The fourth-order valence-corrected chi connectivity index (χ4v) is 2.22. The van der Waals surface area contributed by atoms with Crippen LogP contribution < -0.4 is 0 Å². The van der Waals surface area contributed by atoms with Crippen molar-refractivity contribution in [2.24, 2.45) is 0 Å². The second kappa shape index (κ2) is 2.42. The maximum atomic E-state index is 12.2. The number of allylic oxidation sites excluding steroid dienone is 2. The van der Waals surface area contributed by atoms with Crippen LogP contribution in [-0.4, -0.2) is 5.25 Å². The van der Waals surface area contributed by atoms with Crippen LogP contribution in [0.15, 0.2) is 23.3 Å². The molecule has 1 atom stereocenters. The lowest BCUT2D eigenvalue weighted by Crippen LogP contribution is -1.95. The fourth-order valence-electron chi connectivity index (χ4n) is 1.71. The van der Waals surface area contributed by atoms with Gasteiger partial charge in [-0.25, -0.2) is 0 Å². The predicted molar refractivity (Wildman–Crippen MR) is 42.5 cm³/mol. The fraction of sp³-hybridized carbons (Fsp3) is 0.500. The van der Waals surface area contributed by atoms with Gasteiger partial charge in [0.2, 0.25) is 0 Å². The molecule has 0 saturated heterocycles. The Balaban J connectivity index is 2.23. The number of hydrogen-bond donors (Lipinski definition) is 0. The molecular formula is C8H9FS. The third-order valence-electron chi connectivity index (χ3n) is 2.22. The van der Waals surface area contributed by atoms with Gasteiger partial charge in [-0.05, 0) is 30.4 Å². The van der Waals surface area contributed by atoms with E-state index in [1.54, 1.807) is 0 Å². The van der Waals surface area contributed by atoms with Crippen molar-refractivity contribution in [3.8, 4) is 0 Å². The first-order valence-corrected chi connectivity index (χ1v) is 4.37. The summed E-state index contributed by atoms with van der Waals surface area (Å²) in [6, 6.07) is 0. The van der Waals surface area contributed by atoms with Gasteiger partial charge in [-0.3, -0.25) is 0 Å². The summed E-state index contributed by atoms with van der Waals surface area (Å²) >= 11 is 0.464. The maximum absolute atomic E-state index is 12.2. The molecule has 2 rings (SSSR count). The third-order valence-corrected chi connectivity index (χ3v) is 2.85. The van der Waals surface area contributed by atoms with E-state index in [-0.39, 0.29) is 5.25 Å². The second-order valence-corrected chi connectivity index (χ2v) is 3.46. The van der Waals surface area contributed by atoms with Crippen LogP contribution in [0.2, 0.25) is 0 Å². The van der Waals surface area contributed by atoms with E-state index < -0.39 is 0 Å². The molecule has 0 N–H and O–H groups in total. The normalized spacial score (nSPS) is 29.9. The van der Waals surface area contributed by atoms with Gasteiger partial charge in [-0.15, -0.1) is 0 Å². The van der Waals surface area contributed by atoms with Gasteiger partial charge >= 0.3 is 0 Å². The van der Waals surface area contributed by atoms with Gasteiger partial charge in [-0.1, -0.05) is 12.2 Å². The van der Waals surface area contributed by atoms with E-state index in [1.807, 2.05) is 6.08 Å². The molecule has 1 unspecified atom stereocenters. The van der Waals surface area contributed by atoms with Crippen LogP contribution in [0.3, 0.4) is 0 Å². The first kappa shape index (κ1) is 6.47. The van der Waals surface area contributed by atoms with E-state index in [2.05, 4.69) is 6.08 Å². The molecule has 0 fully saturated rings. The minimum Gasteiger partial charge on any atom is -0.164 e. The number of halogens is 1. The highest BCUT2D eigenvalue weighted by Gasteiger charge is 2.24. The van der Waals surface area contributed by atoms with Gasteiger partial charge in [-0.2, -0.15) is 3.89 Å². The lowest BCUT2D eigenvalue weighted by atomic mass is 10.2. The molecule has 0 bridgehead atoms. The quantitative estimate of drug-likeness (QED) is 0.562. The zero-order valence-corrected chi connectivity index (χ0v) is 6.46. The first-order valence-electron chi connectivity index (χ1n) is 3.59. The summed E-state index contributed by atoms with van der Waals surface area (Å²) in [5.74, 6) is 0. The molecule has 0 amide bonds. The molecule has 0 aromatic carbocycles. The zero-order valence-electron chi connectivity index (χ0n) is 5.64. The monoisotopic (exact) mass is 156 g/mol. The molecule has 0 aromatic rings. The third kappa shape index (κ3) is 0.823. The summed E-state index contributed by atoms with van der Waals surface area (Å²) in [5.41, 5.74) is 2.74. The summed E-state index contributed by atoms with van der Waals surface area (Å²) in [5, 5.41) is 0.0671. The minimum absolute atomic E-state index is 0.0671. The standard InChI is InChI=1S/C8H9FS/c9-10-8-5-4-6-2-1-3-7(6)8/h4-5,8H,1-3H2. The molecule has 0 heterocycles. The van der Waals surface area contributed by atoms with E-state index in [1.165, 1.54) is 24.0 Å². The van der Waals surface area contributed by atoms with Crippen molar-refractivity contribution >= 4 is 12.1 Å². The Labute approximate surface area is 64.5 Å². The lowest BCUT2D eigenvalue weighted by molar-refractivity contribution is 0.872. The molecule has 0 aromatic heterocycles. The second-order valence-electron chi connectivity index (χ2n) is 2.77. The van der Waals surface area contributed by atoms with Crippen LogP contribution in [-0.2, 0) is 0 Å². The molecule has 10 heavy (non-hydrogen) atoms. The molecule has 0 aliphatic heterocycles. The van der Waals surface area contributed by atoms with Crippen molar-refractivity contribution < 1.29 is 3.89 Å². The van der Waals surface area contributed by atoms with E-state index in [0.717, 1.165) is 6.42 Å². The van der Waals surface area contributed by atoms with Gasteiger partial charge in [0.15, 0.2) is 0 Å². The molecule has 2 aliphatic rings. The Kier molecular flexibility index (Phi) is 1.57. The van der Waals surface area contributed by atoms with Crippen molar-refractivity contribution in [1.29, 1.82) is 0 Å². The highest BCUT2D eigenvalue weighted by molar-refractivity contribution is 7.95. The molecular weight excluding hydrogens is 147 g/mol. The molecule has 2 aliphatic carbocycles. The van der Waals surface area contributed by atoms with Crippen LogP contribution in [0.4, 0.5) is 3.89 Å². The van der Waals surface area contributed by atoms with Gasteiger partial charge in [0, 0.05) is 0 Å². The lowest BCUT2D eigenvalue weighted by Gasteiger charge is -2.03. The maximum Gasteiger partial charge on any atom is 0.0762 e. The van der Waals surface area contributed by atoms with Crippen molar-refractivity contribution in [1.82, 2.24) is 0 Å². The first-order chi connectivity index (χ1) is 4.92. The van der Waals surface area contributed by atoms with Crippen molar-refractivity contribution in [3.63, 3.8) is 0 Å². The van der Waals surface area contributed by atoms with Gasteiger partial charge in [0.1, 0.15) is 0 Å². The summed E-state index contributed by atoms with van der Waals surface area (Å²) in [6.45, 7) is 0. The predicted octanol–water partition coefficient (Wildman–Crippen LogP) is 3.02. The highest BCUT2D eigenvalue weighted by atomic mass is 32.2. The molecule has 54 valence electrons. The van der Waals surface area contributed by atoms with Crippen LogP contribution in [0.25, 0.3) is 0 Å². The molecule has 0 saturated carbocycles. The largest absolute Gasteiger partial charge is 0.164 e. The summed E-state index contributed by atoms with van der Waals surface area (Å²) in [4.78, 5) is 0. The van der Waals surface area contributed by atoms with Crippen LogP contribution in [0.1, 0.15) is 19.3 Å². The Morgan fingerprint density at radius 2 is 2.40 bits per heavy atom. The van der Waals surface area contributed by atoms with Gasteiger partial charge in [0.05, 0.1) is 17.4 Å². The number of hydrogen-bond acceptors (Lipinski definition) is 1. The van der Waals surface area contributed by atoms with Crippen LogP contribution >= 0.6 is 12.1 Å². The summed E-state index contributed by atoms with van der Waals surface area (Å²) in [6.07, 6.45) is 7.56. The summed E-state index contributed by atoms with van der Waals surface area (Å²) in [7, 11) is 0. The van der Waals surface area contributed by atoms with Gasteiger partial charge in [0.25, 0.3) is 0 Å². The number of rotatable bonds is 1. The van der Waals surface area contributed by atoms with E-state index >= 15 is 0 Å². The molecule has 0 spiro atoms. The Morgan fingerprint density at radius 3 is 3.20 bits per heavy atom. The van der Waals surface area contributed by atoms with E-state index in [9.17, 15) is 3.89 Å². The average molecular weight is 156 g/mol. The van der Waals surface area contributed by atoms with E-state index in [0.29, 0.717) is 12.1 Å². The van der Waals surface area contributed by atoms with Crippen LogP contribution in [0.5, 0.6) is 0 Å². The highest BCUT2D eigenvalue weighted by Crippen LogP contribution is 2.39. The average Bonchev–Trinajstić information content (AvgIpc) is 2.44.